The highest BCUT2D eigenvalue weighted by Gasteiger charge is 2.24. The molecule has 1 aliphatic rings. The fourth-order valence-corrected chi connectivity index (χ4v) is 3.65. The lowest BCUT2D eigenvalue weighted by Gasteiger charge is -2.24. The third-order valence-electron chi connectivity index (χ3n) is 3.48. The van der Waals surface area contributed by atoms with Gasteiger partial charge in [0.05, 0.1) is 6.61 Å². The molecule has 3 heteroatoms. The molecule has 0 bridgehead atoms. The Morgan fingerprint density at radius 1 is 1.33 bits per heavy atom. The van der Waals surface area contributed by atoms with Crippen molar-refractivity contribution in [2.24, 2.45) is 0 Å². The Labute approximate surface area is 115 Å². The predicted molar refractivity (Wildman–Crippen MR) is 78.5 cm³/mol. The highest BCUT2D eigenvalue weighted by molar-refractivity contribution is 7.99. The zero-order chi connectivity index (χ0) is 12.8. The van der Waals surface area contributed by atoms with Crippen LogP contribution in [-0.4, -0.2) is 43.5 Å². The Balaban J connectivity index is 1.89. The van der Waals surface area contributed by atoms with E-state index in [2.05, 4.69) is 43.0 Å². The summed E-state index contributed by atoms with van der Waals surface area (Å²) in [6.07, 6.45) is 0. The van der Waals surface area contributed by atoms with E-state index in [1.165, 1.54) is 16.2 Å². The van der Waals surface area contributed by atoms with Gasteiger partial charge in [-0.25, -0.2) is 0 Å². The van der Waals surface area contributed by atoms with E-state index in [1.807, 2.05) is 11.8 Å². The SMILES string of the molecule is CCOCCN(CC)CC1CSc2ccccc21. The van der Waals surface area contributed by atoms with Crippen LogP contribution in [0.15, 0.2) is 29.2 Å². The second-order valence-corrected chi connectivity index (χ2v) is 5.70. The van der Waals surface area contributed by atoms with Crippen molar-refractivity contribution in [2.75, 3.05) is 38.6 Å². The van der Waals surface area contributed by atoms with Gasteiger partial charge < -0.3 is 9.64 Å². The molecule has 0 N–H and O–H groups in total. The minimum Gasteiger partial charge on any atom is -0.380 e. The standard InChI is InChI=1S/C15H23NOS/c1-3-16(9-10-17-4-2)11-13-12-18-15-8-6-5-7-14(13)15/h5-8,13H,3-4,9-12H2,1-2H3. The molecule has 100 valence electrons. The van der Waals surface area contributed by atoms with Crippen LogP contribution in [0.3, 0.4) is 0 Å². The molecule has 1 aromatic carbocycles. The van der Waals surface area contributed by atoms with Gasteiger partial charge in [-0.1, -0.05) is 25.1 Å². The number of likely N-dealkylation sites (N-methyl/N-ethyl adjacent to an activating group) is 1. The molecule has 1 aromatic rings. The number of hydrogen-bond acceptors (Lipinski definition) is 3. The van der Waals surface area contributed by atoms with E-state index in [9.17, 15) is 0 Å². The summed E-state index contributed by atoms with van der Waals surface area (Å²) < 4.78 is 5.45. The van der Waals surface area contributed by atoms with Crippen LogP contribution in [0.5, 0.6) is 0 Å². The van der Waals surface area contributed by atoms with Crippen LogP contribution in [0, 0.1) is 0 Å². The second kappa shape index (κ2) is 7.17. The summed E-state index contributed by atoms with van der Waals surface area (Å²) in [4.78, 5) is 3.98. The average molecular weight is 265 g/mol. The molecule has 2 nitrogen and oxygen atoms in total. The van der Waals surface area contributed by atoms with Gasteiger partial charge in [0.15, 0.2) is 0 Å². The molecule has 1 atom stereocenters. The molecule has 1 heterocycles. The number of ether oxygens (including phenoxy) is 1. The fraction of sp³-hybridized carbons (Fsp3) is 0.600. The van der Waals surface area contributed by atoms with Crippen LogP contribution >= 0.6 is 11.8 Å². The summed E-state index contributed by atoms with van der Waals surface area (Å²) in [6.45, 7) is 9.28. The van der Waals surface area contributed by atoms with Gasteiger partial charge in [-0.05, 0) is 25.1 Å². The molecule has 0 fully saturated rings. The number of hydrogen-bond donors (Lipinski definition) is 0. The van der Waals surface area contributed by atoms with E-state index in [-0.39, 0.29) is 0 Å². The topological polar surface area (TPSA) is 12.5 Å². The van der Waals surface area contributed by atoms with Gasteiger partial charge in [0.2, 0.25) is 0 Å². The van der Waals surface area contributed by atoms with E-state index in [0.29, 0.717) is 5.92 Å². The average Bonchev–Trinajstić information content (AvgIpc) is 2.81. The zero-order valence-corrected chi connectivity index (χ0v) is 12.2. The van der Waals surface area contributed by atoms with Crippen molar-refractivity contribution in [3.8, 4) is 0 Å². The van der Waals surface area contributed by atoms with Crippen molar-refractivity contribution >= 4 is 11.8 Å². The van der Waals surface area contributed by atoms with Crippen molar-refractivity contribution in [1.82, 2.24) is 4.90 Å². The maximum Gasteiger partial charge on any atom is 0.0593 e. The molecule has 1 unspecified atom stereocenters. The predicted octanol–water partition coefficient (Wildman–Crippen LogP) is 3.23. The lowest BCUT2D eigenvalue weighted by molar-refractivity contribution is 0.113. The molecule has 0 spiro atoms. The van der Waals surface area contributed by atoms with Crippen molar-refractivity contribution in [2.45, 2.75) is 24.7 Å². The van der Waals surface area contributed by atoms with E-state index in [4.69, 9.17) is 4.74 Å². The number of benzene rings is 1. The van der Waals surface area contributed by atoms with Crippen LogP contribution in [0.25, 0.3) is 0 Å². The number of nitrogens with zero attached hydrogens (tertiary/aromatic N) is 1. The first-order valence-electron chi connectivity index (χ1n) is 6.87. The molecule has 0 saturated carbocycles. The first kappa shape index (κ1) is 13.9. The summed E-state index contributed by atoms with van der Waals surface area (Å²) in [6, 6.07) is 8.84. The van der Waals surface area contributed by atoms with Gasteiger partial charge in [-0.3, -0.25) is 0 Å². The summed E-state index contributed by atoms with van der Waals surface area (Å²) in [5, 5.41) is 0. The largest absolute Gasteiger partial charge is 0.380 e. The molecule has 0 amide bonds. The Hall–Kier alpha value is -0.510. The molecule has 0 saturated heterocycles. The maximum atomic E-state index is 5.45. The van der Waals surface area contributed by atoms with Gasteiger partial charge >= 0.3 is 0 Å². The minimum absolute atomic E-state index is 0.688. The van der Waals surface area contributed by atoms with Crippen molar-refractivity contribution in [1.29, 1.82) is 0 Å². The first-order chi connectivity index (χ1) is 8.85. The fourth-order valence-electron chi connectivity index (χ4n) is 2.41. The summed E-state index contributed by atoms with van der Waals surface area (Å²) in [5.41, 5.74) is 1.54. The smallest absolute Gasteiger partial charge is 0.0593 e. The van der Waals surface area contributed by atoms with Gasteiger partial charge in [0, 0.05) is 36.3 Å². The number of thioether (sulfide) groups is 1. The van der Waals surface area contributed by atoms with Crippen molar-refractivity contribution in [3.05, 3.63) is 29.8 Å². The summed E-state index contributed by atoms with van der Waals surface area (Å²) >= 11 is 2.00. The van der Waals surface area contributed by atoms with Gasteiger partial charge in [-0.2, -0.15) is 0 Å². The highest BCUT2D eigenvalue weighted by atomic mass is 32.2. The first-order valence-corrected chi connectivity index (χ1v) is 7.85. The lowest BCUT2D eigenvalue weighted by atomic mass is 10.0. The van der Waals surface area contributed by atoms with Crippen molar-refractivity contribution < 1.29 is 4.74 Å². The monoisotopic (exact) mass is 265 g/mol. The third kappa shape index (κ3) is 3.50. The number of rotatable bonds is 7. The maximum absolute atomic E-state index is 5.45. The molecule has 0 aliphatic carbocycles. The molecular formula is C15H23NOS. The summed E-state index contributed by atoms with van der Waals surface area (Å²) in [5.74, 6) is 1.91. The van der Waals surface area contributed by atoms with Gasteiger partial charge in [-0.15, -0.1) is 11.8 Å². The zero-order valence-electron chi connectivity index (χ0n) is 11.4. The van der Waals surface area contributed by atoms with Gasteiger partial charge in [0.1, 0.15) is 0 Å². The van der Waals surface area contributed by atoms with Crippen LogP contribution in [0.1, 0.15) is 25.3 Å². The molecule has 0 aromatic heterocycles. The van der Waals surface area contributed by atoms with E-state index >= 15 is 0 Å². The quantitative estimate of drug-likeness (QED) is 0.702. The molecule has 18 heavy (non-hydrogen) atoms. The van der Waals surface area contributed by atoms with Gasteiger partial charge in [0.25, 0.3) is 0 Å². The summed E-state index contributed by atoms with van der Waals surface area (Å²) in [7, 11) is 0. The normalized spacial score (nSPS) is 18.3. The molecule has 0 radical (unpaired) electrons. The Kier molecular flexibility index (Phi) is 5.54. The van der Waals surface area contributed by atoms with Crippen LogP contribution in [0.4, 0.5) is 0 Å². The molecular weight excluding hydrogens is 242 g/mol. The van der Waals surface area contributed by atoms with Crippen LogP contribution < -0.4 is 0 Å². The van der Waals surface area contributed by atoms with E-state index in [1.54, 1.807) is 0 Å². The Bertz CT molecular complexity index is 369. The second-order valence-electron chi connectivity index (χ2n) is 4.64. The Morgan fingerprint density at radius 3 is 2.94 bits per heavy atom. The third-order valence-corrected chi connectivity index (χ3v) is 4.73. The lowest BCUT2D eigenvalue weighted by Crippen LogP contribution is -2.31. The molecule has 1 aliphatic heterocycles. The molecule has 2 rings (SSSR count). The van der Waals surface area contributed by atoms with Crippen molar-refractivity contribution in [3.63, 3.8) is 0 Å². The van der Waals surface area contributed by atoms with E-state index in [0.717, 1.165) is 32.8 Å². The minimum atomic E-state index is 0.688. The van der Waals surface area contributed by atoms with Crippen LogP contribution in [0.2, 0.25) is 0 Å². The Morgan fingerprint density at radius 2 is 2.17 bits per heavy atom. The van der Waals surface area contributed by atoms with E-state index < -0.39 is 0 Å². The highest BCUT2D eigenvalue weighted by Crippen LogP contribution is 2.39. The van der Waals surface area contributed by atoms with Crippen LogP contribution in [-0.2, 0) is 4.74 Å². The number of fused-ring (bicyclic) bond motifs is 1.